The molecule has 0 atom stereocenters. The first-order valence-corrected chi connectivity index (χ1v) is 8.27. The molecule has 0 aliphatic carbocycles. The molecule has 0 bridgehead atoms. The van der Waals surface area contributed by atoms with Gasteiger partial charge in [0, 0.05) is 12.7 Å². The Labute approximate surface area is 148 Å². The summed E-state index contributed by atoms with van der Waals surface area (Å²) in [4.78, 5) is 23.3. The number of ether oxygens (including phenoxy) is 1. The number of aryl methyl sites for hydroxylation is 2. The Balaban J connectivity index is 1.79. The van der Waals surface area contributed by atoms with E-state index in [0.717, 1.165) is 22.4 Å². The summed E-state index contributed by atoms with van der Waals surface area (Å²) in [5, 5.41) is 5.41. The number of nitrogens with one attached hydrogen (secondary N) is 2. The molecule has 0 fully saturated rings. The lowest BCUT2D eigenvalue weighted by molar-refractivity contribution is -0.120. The highest BCUT2D eigenvalue weighted by Gasteiger charge is 2.05. The average Bonchev–Trinajstić information content (AvgIpc) is 2.55. The average molecular weight is 340 g/mol. The summed E-state index contributed by atoms with van der Waals surface area (Å²) >= 11 is 0. The molecule has 0 saturated heterocycles. The molecule has 2 aromatic carbocycles. The fourth-order valence-electron chi connectivity index (χ4n) is 2.48. The van der Waals surface area contributed by atoms with Gasteiger partial charge in [-0.1, -0.05) is 18.2 Å². The van der Waals surface area contributed by atoms with Gasteiger partial charge >= 0.3 is 0 Å². The molecule has 0 spiro atoms. The van der Waals surface area contributed by atoms with Gasteiger partial charge in [0.15, 0.2) is 0 Å². The number of benzene rings is 2. The van der Waals surface area contributed by atoms with Crippen LogP contribution in [0.3, 0.4) is 0 Å². The van der Waals surface area contributed by atoms with Crippen LogP contribution in [0.2, 0.25) is 0 Å². The van der Waals surface area contributed by atoms with Crippen molar-refractivity contribution < 1.29 is 14.3 Å². The van der Waals surface area contributed by atoms with Crippen molar-refractivity contribution in [3.8, 4) is 5.75 Å². The molecule has 5 nitrogen and oxygen atoms in total. The van der Waals surface area contributed by atoms with E-state index >= 15 is 0 Å². The first-order valence-electron chi connectivity index (χ1n) is 8.27. The maximum absolute atomic E-state index is 12.0. The van der Waals surface area contributed by atoms with Crippen LogP contribution in [-0.2, 0) is 16.0 Å². The summed E-state index contributed by atoms with van der Waals surface area (Å²) in [7, 11) is 1.61. The van der Waals surface area contributed by atoms with Crippen LogP contribution in [0.25, 0.3) is 0 Å². The summed E-state index contributed by atoms with van der Waals surface area (Å²) < 4.78 is 5.65. The maximum Gasteiger partial charge on any atom is 0.227 e. The Kier molecular flexibility index (Phi) is 6.57. The molecule has 5 heteroatoms. The second kappa shape index (κ2) is 8.87. The molecule has 0 radical (unpaired) electrons. The van der Waals surface area contributed by atoms with Crippen LogP contribution >= 0.6 is 0 Å². The van der Waals surface area contributed by atoms with Gasteiger partial charge < -0.3 is 15.4 Å². The highest BCUT2D eigenvalue weighted by molar-refractivity contribution is 5.90. The Morgan fingerprint density at radius 1 is 0.960 bits per heavy atom. The van der Waals surface area contributed by atoms with Crippen LogP contribution in [-0.4, -0.2) is 25.5 Å². The van der Waals surface area contributed by atoms with Gasteiger partial charge in [-0.3, -0.25) is 9.59 Å². The second-order valence-electron chi connectivity index (χ2n) is 6.02. The molecule has 2 aromatic rings. The zero-order valence-corrected chi connectivity index (χ0v) is 14.9. The number of amides is 2. The van der Waals surface area contributed by atoms with E-state index in [2.05, 4.69) is 16.7 Å². The van der Waals surface area contributed by atoms with Crippen LogP contribution in [0.4, 0.5) is 5.69 Å². The molecule has 0 aliphatic rings. The summed E-state index contributed by atoms with van der Waals surface area (Å²) in [6.07, 6.45) is 0.599. The van der Waals surface area contributed by atoms with Crippen molar-refractivity contribution in [2.24, 2.45) is 0 Å². The number of hydrogen-bond acceptors (Lipinski definition) is 3. The monoisotopic (exact) mass is 340 g/mol. The summed E-state index contributed by atoms with van der Waals surface area (Å²) in [5.41, 5.74) is 3.88. The summed E-state index contributed by atoms with van der Waals surface area (Å²) in [6.45, 7) is 4.35. The molecule has 0 heterocycles. The van der Waals surface area contributed by atoms with Gasteiger partial charge in [0.2, 0.25) is 11.8 Å². The van der Waals surface area contributed by atoms with E-state index < -0.39 is 0 Å². The minimum absolute atomic E-state index is 0.0414. The molecule has 0 aliphatic heterocycles. The molecular weight excluding hydrogens is 316 g/mol. The molecular formula is C20H24N2O3. The number of likely N-dealkylation sites (N-methyl/N-ethyl adjacent to an activating group) is 1. The van der Waals surface area contributed by atoms with Gasteiger partial charge in [0.05, 0.1) is 19.4 Å². The highest BCUT2D eigenvalue weighted by Crippen LogP contribution is 2.16. The SMILES string of the molecule is CNC(=O)Cc1ccc(NC(=O)CCOc2cc(C)cc(C)c2)cc1. The van der Waals surface area contributed by atoms with Crippen molar-refractivity contribution in [3.05, 3.63) is 59.2 Å². The van der Waals surface area contributed by atoms with Crippen LogP contribution in [0.5, 0.6) is 5.75 Å². The topological polar surface area (TPSA) is 67.4 Å². The van der Waals surface area contributed by atoms with E-state index in [0.29, 0.717) is 18.7 Å². The maximum atomic E-state index is 12.0. The predicted molar refractivity (Wildman–Crippen MR) is 98.9 cm³/mol. The first-order chi connectivity index (χ1) is 12.0. The largest absolute Gasteiger partial charge is 0.493 e. The van der Waals surface area contributed by atoms with Crippen molar-refractivity contribution in [2.45, 2.75) is 26.7 Å². The molecule has 132 valence electrons. The van der Waals surface area contributed by atoms with Crippen molar-refractivity contribution in [3.63, 3.8) is 0 Å². The Morgan fingerprint density at radius 3 is 2.20 bits per heavy atom. The highest BCUT2D eigenvalue weighted by atomic mass is 16.5. The zero-order valence-electron chi connectivity index (χ0n) is 14.9. The third-order valence-electron chi connectivity index (χ3n) is 3.67. The van der Waals surface area contributed by atoms with Crippen LogP contribution < -0.4 is 15.4 Å². The standard InChI is InChI=1S/C20H24N2O3/c1-14-10-15(2)12-18(11-14)25-9-8-19(23)22-17-6-4-16(5-7-17)13-20(24)21-3/h4-7,10-12H,8-9,13H2,1-3H3,(H,21,24)(H,22,23). The Bertz CT molecular complexity index is 719. The van der Waals surface area contributed by atoms with Gasteiger partial charge in [-0.05, 0) is 54.8 Å². The van der Waals surface area contributed by atoms with Gasteiger partial charge in [0.25, 0.3) is 0 Å². The van der Waals surface area contributed by atoms with E-state index in [9.17, 15) is 9.59 Å². The van der Waals surface area contributed by atoms with Gasteiger partial charge in [0.1, 0.15) is 5.75 Å². The van der Waals surface area contributed by atoms with E-state index in [1.807, 2.05) is 38.1 Å². The van der Waals surface area contributed by atoms with Crippen LogP contribution in [0, 0.1) is 13.8 Å². The first kappa shape index (κ1) is 18.5. The minimum Gasteiger partial charge on any atom is -0.493 e. The number of anilines is 1. The van der Waals surface area contributed by atoms with E-state index in [-0.39, 0.29) is 18.2 Å². The van der Waals surface area contributed by atoms with Crippen molar-refractivity contribution >= 4 is 17.5 Å². The normalized spacial score (nSPS) is 10.2. The third-order valence-corrected chi connectivity index (χ3v) is 3.67. The number of rotatable bonds is 7. The predicted octanol–water partition coefficient (Wildman–Crippen LogP) is 3.00. The molecule has 0 saturated carbocycles. The van der Waals surface area contributed by atoms with Gasteiger partial charge in [-0.15, -0.1) is 0 Å². The lowest BCUT2D eigenvalue weighted by Crippen LogP contribution is -2.20. The van der Waals surface area contributed by atoms with Crippen LogP contribution in [0.15, 0.2) is 42.5 Å². The number of carbonyl (C=O) groups excluding carboxylic acids is 2. The molecule has 2 rings (SSSR count). The quantitative estimate of drug-likeness (QED) is 0.814. The van der Waals surface area contributed by atoms with Gasteiger partial charge in [-0.25, -0.2) is 0 Å². The fourth-order valence-corrected chi connectivity index (χ4v) is 2.48. The fraction of sp³-hybridized carbons (Fsp3) is 0.300. The summed E-state index contributed by atoms with van der Waals surface area (Å²) in [5.74, 6) is 0.632. The van der Waals surface area contributed by atoms with E-state index in [4.69, 9.17) is 4.74 Å². The minimum atomic E-state index is -0.108. The molecule has 0 unspecified atom stereocenters. The van der Waals surface area contributed by atoms with E-state index in [1.165, 1.54) is 0 Å². The molecule has 25 heavy (non-hydrogen) atoms. The smallest absolute Gasteiger partial charge is 0.227 e. The third kappa shape index (κ3) is 6.30. The lowest BCUT2D eigenvalue weighted by atomic mass is 10.1. The lowest BCUT2D eigenvalue weighted by Gasteiger charge is -2.09. The van der Waals surface area contributed by atoms with Crippen molar-refractivity contribution in [1.29, 1.82) is 0 Å². The summed E-state index contributed by atoms with van der Waals surface area (Å²) in [6, 6.07) is 13.2. The second-order valence-corrected chi connectivity index (χ2v) is 6.02. The molecule has 2 N–H and O–H groups in total. The van der Waals surface area contributed by atoms with Gasteiger partial charge in [-0.2, -0.15) is 0 Å². The zero-order chi connectivity index (χ0) is 18.2. The van der Waals surface area contributed by atoms with E-state index in [1.54, 1.807) is 19.2 Å². The Morgan fingerprint density at radius 2 is 1.60 bits per heavy atom. The molecule has 2 amide bonds. The number of carbonyl (C=O) groups is 2. The van der Waals surface area contributed by atoms with Crippen LogP contribution in [0.1, 0.15) is 23.1 Å². The Hall–Kier alpha value is -2.82. The number of hydrogen-bond donors (Lipinski definition) is 2. The van der Waals surface area contributed by atoms with Crippen molar-refractivity contribution in [1.82, 2.24) is 5.32 Å². The molecule has 0 aromatic heterocycles. The van der Waals surface area contributed by atoms with Crippen molar-refractivity contribution in [2.75, 3.05) is 19.0 Å².